The van der Waals surface area contributed by atoms with Crippen LogP contribution in [0.1, 0.15) is 26.7 Å². The van der Waals surface area contributed by atoms with Crippen molar-refractivity contribution in [3.05, 3.63) is 36.4 Å². The Labute approximate surface area is 136 Å². The summed E-state index contributed by atoms with van der Waals surface area (Å²) in [6.45, 7) is 7.25. The third-order valence-corrected chi connectivity index (χ3v) is 4.99. The van der Waals surface area contributed by atoms with Crippen LogP contribution in [0.3, 0.4) is 0 Å². The lowest BCUT2D eigenvalue weighted by Gasteiger charge is -2.25. The number of hydrogen-bond donors (Lipinski definition) is 2. The van der Waals surface area contributed by atoms with Gasteiger partial charge >= 0.3 is 0 Å². The van der Waals surface area contributed by atoms with Gasteiger partial charge in [0, 0.05) is 19.0 Å². The number of hydrogen-bond acceptors (Lipinski definition) is 5. The number of aliphatic hydroxyl groups excluding tert-OH is 1. The van der Waals surface area contributed by atoms with Gasteiger partial charge < -0.3 is 9.52 Å². The third-order valence-electron chi connectivity index (χ3n) is 3.55. The molecule has 23 heavy (non-hydrogen) atoms. The van der Waals surface area contributed by atoms with Gasteiger partial charge in [0.25, 0.3) is 0 Å². The van der Waals surface area contributed by atoms with E-state index in [1.807, 2.05) is 20.8 Å². The summed E-state index contributed by atoms with van der Waals surface area (Å²) in [6, 6.07) is 6.36. The molecule has 1 aromatic carbocycles. The first-order valence-electron chi connectivity index (χ1n) is 7.30. The second-order valence-corrected chi connectivity index (χ2v) is 8.28. The van der Waals surface area contributed by atoms with Crippen LogP contribution in [0.4, 0.5) is 0 Å². The number of nitrogens with zero attached hydrogens (tertiary/aromatic N) is 1. The van der Waals surface area contributed by atoms with Gasteiger partial charge in [-0.25, -0.2) is 18.1 Å². The van der Waals surface area contributed by atoms with E-state index in [4.69, 9.17) is 4.42 Å². The number of sulfonamides is 1. The summed E-state index contributed by atoms with van der Waals surface area (Å²) in [6.07, 6.45) is 0.756. The molecule has 1 aromatic heterocycles. The summed E-state index contributed by atoms with van der Waals surface area (Å²) in [7, 11) is -3.66. The molecule has 1 heterocycles. The van der Waals surface area contributed by atoms with E-state index in [2.05, 4.69) is 9.71 Å². The highest BCUT2D eigenvalue weighted by Gasteiger charge is 2.24. The molecule has 0 amide bonds. The molecule has 0 radical (unpaired) electrons. The molecule has 2 aromatic rings. The minimum atomic E-state index is -3.66. The minimum absolute atomic E-state index is 0.0317. The van der Waals surface area contributed by atoms with E-state index in [0.29, 0.717) is 11.6 Å². The summed E-state index contributed by atoms with van der Waals surface area (Å²) >= 11 is 0. The van der Waals surface area contributed by atoms with E-state index in [1.165, 1.54) is 18.4 Å². The van der Waals surface area contributed by atoms with Gasteiger partial charge in [-0.1, -0.05) is 32.9 Å². The van der Waals surface area contributed by atoms with Crippen molar-refractivity contribution in [3.8, 4) is 11.3 Å². The van der Waals surface area contributed by atoms with Gasteiger partial charge in [0.1, 0.15) is 12.0 Å². The van der Waals surface area contributed by atoms with E-state index >= 15 is 0 Å². The zero-order chi connectivity index (χ0) is 17.3. The predicted octanol–water partition coefficient (Wildman–Crippen LogP) is 2.34. The molecule has 2 N–H and O–H groups in total. The highest BCUT2D eigenvalue weighted by atomic mass is 32.2. The number of oxazole rings is 1. The predicted molar refractivity (Wildman–Crippen MR) is 87.3 cm³/mol. The van der Waals surface area contributed by atoms with Crippen LogP contribution in [0.2, 0.25) is 0 Å². The second kappa shape index (κ2) is 6.43. The molecule has 0 saturated heterocycles. The Bertz CT molecular complexity index is 758. The maximum atomic E-state index is 12.3. The third kappa shape index (κ3) is 4.40. The summed E-state index contributed by atoms with van der Waals surface area (Å²) < 4.78 is 32.1. The maximum absolute atomic E-state index is 12.3. The normalized spacial score (nSPS) is 14.0. The standard InChI is InChI=1S/C16H22N2O4S/c1-11-18-14(10-22-11)12-5-7-13(8-6-12)23(20,21)17-9-15(19)16(2,3)4/h5-8,10,15,17,19H,9H2,1-4H3. The van der Waals surface area contributed by atoms with E-state index in [0.717, 1.165) is 5.56 Å². The SMILES string of the molecule is Cc1nc(-c2ccc(S(=O)(=O)NCC(O)C(C)(C)C)cc2)co1. The number of aromatic nitrogens is 1. The van der Waals surface area contributed by atoms with Crippen molar-refractivity contribution in [1.82, 2.24) is 9.71 Å². The van der Waals surface area contributed by atoms with Gasteiger partial charge in [0.2, 0.25) is 10.0 Å². The Morgan fingerprint density at radius 1 is 1.26 bits per heavy atom. The summed E-state index contributed by atoms with van der Waals surface area (Å²) in [4.78, 5) is 4.34. The molecule has 0 spiro atoms. The van der Waals surface area contributed by atoms with Gasteiger partial charge in [-0.2, -0.15) is 0 Å². The monoisotopic (exact) mass is 338 g/mol. The van der Waals surface area contributed by atoms with Crippen molar-refractivity contribution in [1.29, 1.82) is 0 Å². The lowest BCUT2D eigenvalue weighted by molar-refractivity contribution is 0.0677. The zero-order valence-electron chi connectivity index (χ0n) is 13.7. The highest BCUT2D eigenvalue weighted by molar-refractivity contribution is 7.89. The summed E-state index contributed by atoms with van der Waals surface area (Å²) in [5.41, 5.74) is 1.04. The van der Waals surface area contributed by atoms with Crippen molar-refractivity contribution in [2.75, 3.05) is 6.54 Å². The molecule has 0 aliphatic rings. The molecule has 7 heteroatoms. The van der Waals surface area contributed by atoms with Gasteiger partial charge in [-0.05, 0) is 17.5 Å². The Balaban J connectivity index is 2.11. The summed E-state index contributed by atoms with van der Waals surface area (Å²) in [5.74, 6) is 0.550. The van der Waals surface area contributed by atoms with Crippen LogP contribution < -0.4 is 4.72 Å². The van der Waals surface area contributed by atoms with Gasteiger partial charge in [0.05, 0.1) is 11.0 Å². The first-order chi connectivity index (χ1) is 10.6. The first kappa shape index (κ1) is 17.7. The van der Waals surface area contributed by atoms with Crippen LogP contribution in [0.5, 0.6) is 0 Å². The van der Waals surface area contributed by atoms with Crippen LogP contribution in [0.15, 0.2) is 39.8 Å². The molecule has 2 rings (SSSR count). The van der Waals surface area contributed by atoms with E-state index in [9.17, 15) is 13.5 Å². The number of aryl methyl sites for hydroxylation is 1. The Kier molecular flexibility index (Phi) is 4.93. The number of benzene rings is 1. The number of rotatable bonds is 5. The van der Waals surface area contributed by atoms with Crippen molar-refractivity contribution in [3.63, 3.8) is 0 Å². The maximum Gasteiger partial charge on any atom is 0.240 e. The molecule has 1 unspecified atom stereocenters. The summed E-state index contributed by atoms with van der Waals surface area (Å²) in [5, 5.41) is 9.95. The average Bonchev–Trinajstić information content (AvgIpc) is 2.90. The molecule has 126 valence electrons. The average molecular weight is 338 g/mol. The topological polar surface area (TPSA) is 92.4 Å². The molecular weight excluding hydrogens is 316 g/mol. The molecular formula is C16H22N2O4S. The van der Waals surface area contributed by atoms with Crippen molar-refractivity contribution >= 4 is 10.0 Å². The molecule has 0 bridgehead atoms. The number of aliphatic hydroxyl groups is 1. The van der Waals surface area contributed by atoms with Crippen molar-refractivity contribution < 1.29 is 17.9 Å². The van der Waals surface area contributed by atoms with Gasteiger partial charge in [0.15, 0.2) is 5.89 Å². The highest BCUT2D eigenvalue weighted by Crippen LogP contribution is 2.21. The minimum Gasteiger partial charge on any atom is -0.449 e. The Morgan fingerprint density at radius 3 is 2.35 bits per heavy atom. The molecule has 1 atom stereocenters. The smallest absolute Gasteiger partial charge is 0.240 e. The lowest BCUT2D eigenvalue weighted by Crippen LogP contribution is -2.39. The zero-order valence-corrected chi connectivity index (χ0v) is 14.5. The second-order valence-electron chi connectivity index (χ2n) is 6.51. The van der Waals surface area contributed by atoms with Gasteiger partial charge in [-0.3, -0.25) is 0 Å². The van der Waals surface area contributed by atoms with Crippen LogP contribution in [-0.4, -0.2) is 31.2 Å². The Hall–Kier alpha value is -1.70. The lowest BCUT2D eigenvalue weighted by atomic mass is 9.89. The quantitative estimate of drug-likeness (QED) is 0.873. The molecule has 0 aliphatic carbocycles. The first-order valence-corrected chi connectivity index (χ1v) is 8.78. The van der Waals surface area contributed by atoms with Crippen LogP contribution in [-0.2, 0) is 10.0 Å². The fraction of sp³-hybridized carbons (Fsp3) is 0.438. The molecule has 0 aliphatic heterocycles. The van der Waals surface area contributed by atoms with E-state index < -0.39 is 21.5 Å². The van der Waals surface area contributed by atoms with Crippen LogP contribution >= 0.6 is 0 Å². The molecule has 0 saturated carbocycles. The van der Waals surface area contributed by atoms with E-state index in [1.54, 1.807) is 19.1 Å². The van der Waals surface area contributed by atoms with Crippen LogP contribution in [0, 0.1) is 12.3 Å². The van der Waals surface area contributed by atoms with E-state index in [-0.39, 0.29) is 11.4 Å². The van der Waals surface area contributed by atoms with Crippen molar-refractivity contribution in [2.24, 2.45) is 5.41 Å². The fourth-order valence-corrected chi connectivity index (χ4v) is 2.92. The fourth-order valence-electron chi connectivity index (χ4n) is 1.88. The number of nitrogens with one attached hydrogen (secondary N) is 1. The molecule has 0 fully saturated rings. The van der Waals surface area contributed by atoms with Crippen molar-refractivity contribution in [2.45, 2.75) is 38.7 Å². The largest absolute Gasteiger partial charge is 0.449 e. The molecule has 6 nitrogen and oxygen atoms in total. The van der Waals surface area contributed by atoms with Gasteiger partial charge in [-0.15, -0.1) is 0 Å². The Morgan fingerprint density at radius 2 is 1.87 bits per heavy atom. The van der Waals surface area contributed by atoms with Crippen LogP contribution in [0.25, 0.3) is 11.3 Å².